The maximum Gasteiger partial charge on any atom is 0.227 e. The number of carbonyl (C=O) groups is 1. The Balaban J connectivity index is 1.64. The fourth-order valence-electron chi connectivity index (χ4n) is 4.33. The Morgan fingerprint density at radius 3 is 2.70 bits per heavy atom. The van der Waals surface area contributed by atoms with Crippen molar-refractivity contribution in [3.05, 3.63) is 42.6 Å². The van der Waals surface area contributed by atoms with Crippen LogP contribution in [0.3, 0.4) is 0 Å². The van der Waals surface area contributed by atoms with E-state index in [-0.39, 0.29) is 11.8 Å². The van der Waals surface area contributed by atoms with Gasteiger partial charge >= 0.3 is 0 Å². The number of rotatable bonds is 3. The lowest BCUT2D eigenvalue weighted by Crippen LogP contribution is -2.31. The van der Waals surface area contributed by atoms with Crippen LogP contribution in [0.15, 0.2) is 42.6 Å². The Morgan fingerprint density at radius 2 is 1.81 bits per heavy atom. The van der Waals surface area contributed by atoms with E-state index in [1.165, 1.54) is 19.3 Å². The molecule has 1 saturated heterocycles. The van der Waals surface area contributed by atoms with Crippen LogP contribution in [0.5, 0.6) is 0 Å². The minimum absolute atomic E-state index is 0.0932. The van der Waals surface area contributed by atoms with Gasteiger partial charge < -0.3 is 10.2 Å². The number of aromatic nitrogens is 1. The second kappa shape index (κ2) is 8.55. The first-order chi connectivity index (χ1) is 13.3. The van der Waals surface area contributed by atoms with Gasteiger partial charge in [0, 0.05) is 24.4 Å². The largest absolute Gasteiger partial charge is 0.369 e. The zero-order chi connectivity index (χ0) is 18.5. The van der Waals surface area contributed by atoms with Gasteiger partial charge in [-0.2, -0.15) is 0 Å². The highest BCUT2D eigenvalue weighted by atomic mass is 16.1. The van der Waals surface area contributed by atoms with Crippen molar-refractivity contribution in [2.45, 2.75) is 51.4 Å². The van der Waals surface area contributed by atoms with Crippen LogP contribution in [0.1, 0.15) is 51.4 Å². The highest BCUT2D eigenvalue weighted by molar-refractivity contribution is 6.03. The average molecular weight is 364 g/mol. The summed E-state index contributed by atoms with van der Waals surface area (Å²) in [5.41, 5.74) is 3.02. The van der Waals surface area contributed by atoms with E-state index in [2.05, 4.69) is 45.6 Å². The van der Waals surface area contributed by atoms with Crippen molar-refractivity contribution in [2.75, 3.05) is 23.3 Å². The van der Waals surface area contributed by atoms with Gasteiger partial charge in [-0.3, -0.25) is 9.78 Å². The van der Waals surface area contributed by atoms with Gasteiger partial charge in [0.2, 0.25) is 5.91 Å². The van der Waals surface area contributed by atoms with Crippen LogP contribution in [0.2, 0.25) is 0 Å². The van der Waals surface area contributed by atoms with Gasteiger partial charge in [-0.05, 0) is 57.4 Å². The van der Waals surface area contributed by atoms with E-state index in [1.54, 1.807) is 0 Å². The fourth-order valence-corrected chi connectivity index (χ4v) is 4.33. The van der Waals surface area contributed by atoms with Crippen LogP contribution >= 0.6 is 0 Å². The van der Waals surface area contributed by atoms with Crippen LogP contribution in [-0.4, -0.2) is 24.0 Å². The molecule has 0 spiro atoms. The highest BCUT2D eigenvalue weighted by Gasteiger charge is 2.23. The molecule has 142 valence electrons. The van der Waals surface area contributed by atoms with E-state index < -0.39 is 0 Å². The average Bonchev–Trinajstić information content (AvgIpc) is 2.68. The summed E-state index contributed by atoms with van der Waals surface area (Å²) in [5.74, 6) is 0.247. The summed E-state index contributed by atoms with van der Waals surface area (Å²) in [4.78, 5) is 20.1. The first-order valence-electron chi connectivity index (χ1n) is 10.4. The van der Waals surface area contributed by atoms with Crippen molar-refractivity contribution in [1.82, 2.24) is 4.98 Å². The molecule has 0 saturated carbocycles. The van der Waals surface area contributed by atoms with Crippen LogP contribution in [0, 0.1) is 5.92 Å². The Morgan fingerprint density at radius 1 is 1.00 bits per heavy atom. The van der Waals surface area contributed by atoms with Gasteiger partial charge in [-0.15, -0.1) is 0 Å². The fraction of sp³-hybridized carbons (Fsp3) is 0.478. The zero-order valence-corrected chi connectivity index (χ0v) is 16.0. The summed E-state index contributed by atoms with van der Waals surface area (Å²) in [6.45, 7) is 2.09. The molecule has 4 heteroatoms. The standard InChI is InChI=1S/C23H29N3O/c27-23(18-11-5-2-1-3-6-12-18)25-21-17-24-20-14-8-7-13-19(20)22(21)26-15-9-4-10-16-26/h1-2,7-8,13-14,17-18H,3-6,9-12,15-16H2,(H,25,27)/b2-1-. The lowest BCUT2D eigenvalue weighted by Gasteiger charge is -2.32. The van der Waals surface area contributed by atoms with Gasteiger partial charge in [0.15, 0.2) is 0 Å². The predicted molar refractivity (Wildman–Crippen MR) is 112 cm³/mol. The van der Waals surface area contributed by atoms with Crippen LogP contribution in [0.4, 0.5) is 11.4 Å². The van der Waals surface area contributed by atoms with Crippen LogP contribution in [0.25, 0.3) is 10.9 Å². The molecule has 1 atom stereocenters. The second-order valence-electron chi connectivity index (χ2n) is 7.75. The molecule has 1 aromatic heterocycles. The lowest BCUT2D eigenvalue weighted by molar-refractivity contribution is -0.120. The number of amides is 1. The number of nitrogens with one attached hydrogen (secondary N) is 1. The number of pyridine rings is 1. The molecule has 2 heterocycles. The number of anilines is 2. The van der Waals surface area contributed by atoms with Gasteiger partial charge in [0.1, 0.15) is 0 Å². The molecule has 2 aromatic rings. The van der Waals surface area contributed by atoms with Crippen molar-refractivity contribution in [3.8, 4) is 0 Å². The van der Waals surface area contributed by atoms with Gasteiger partial charge in [0.25, 0.3) is 0 Å². The molecule has 1 aliphatic carbocycles. The first kappa shape index (κ1) is 18.0. The number of piperidine rings is 1. The van der Waals surface area contributed by atoms with E-state index in [0.717, 1.165) is 67.5 Å². The Bertz CT molecular complexity index is 823. The molecule has 2 aliphatic rings. The third-order valence-corrected chi connectivity index (χ3v) is 5.82. The van der Waals surface area contributed by atoms with Crippen molar-refractivity contribution in [1.29, 1.82) is 0 Å². The molecule has 1 aromatic carbocycles. The molecule has 0 bridgehead atoms. The molecule has 1 fully saturated rings. The van der Waals surface area contributed by atoms with Crippen molar-refractivity contribution in [3.63, 3.8) is 0 Å². The van der Waals surface area contributed by atoms with E-state index in [4.69, 9.17) is 0 Å². The van der Waals surface area contributed by atoms with E-state index in [0.29, 0.717) is 0 Å². The molecule has 1 aliphatic heterocycles. The summed E-state index contributed by atoms with van der Waals surface area (Å²) in [7, 11) is 0. The number of carbonyl (C=O) groups excluding carboxylic acids is 1. The normalized spacial score (nSPS) is 22.1. The minimum atomic E-state index is 0.0932. The third kappa shape index (κ3) is 4.15. The monoisotopic (exact) mass is 363 g/mol. The highest BCUT2D eigenvalue weighted by Crippen LogP contribution is 2.35. The molecule has 1 unspecified atom stereocenters. The van der Waals surface area contributed by atoms with E-state index in [9.17, 15) is 4.79 Å². The summed E-state index contributed by atoms with van der Waals surface area (Å²) < 4.78 is 0. The topological polar surface area (TPSA) is 45.2 Å². The lowest BCUT2D eigenvalue weighted by atomic mass is 9.93. The minimum Gasteiger partial charge on any atom is -0.369 e. The number of hydrogen-bond donors (Lipinski definition) is 1. The van der Waals surface area contributed by atoms with Crippen molar-refractivity contribution < 1.29 is 4.79 Å². The number of fused-ring (bicyclic) bond motifs is 1. The molecule has 1 amide bonds. The molecule has 0 radical (unpaired) electrons. The Hall–Kier alpha value is -2.36. The van der Waals surface area contributed by atoms with Crippen molar-refractivity contribution >= 4 is 28.2 Å². The molecule has 27 heavy (non-hydrogen) atoms. The van der Waals surface area contributed by atoms with Gasteiger partial charge in [0.05, 0.1) is 23.1 Å². The Kier molecular flexibility index (Phi) is 5.71. The quantitative estimate of drug-likeness (QED) is 0.753. The predicted octanol–water partition coefficient (Wildman–Crippen LogP) is 5.30. The van der Waals surface area contributed by atoms with Crippen LogP contribution in [-0.2, 0) is 4.79 Å². The number of nitrogens with zero attached hydrogens (tertiary/aromatic N) is 2. The maximum absolute atomic E-state index is 13.0. The smallest absolute Gasteiger partial charge is 0.227 e. The molecular formula is C23H29N3O. The van der Waals surface area contributed by atoms with E-state index in [1.807, 2.05) is 12.3 Å². The number of benzene rings is 1. The first-order valence-corrected chi connectivity index (χ1v) is 10.4. The third-order valence-electron chi connectivity index (χ3n) is 5.82. The van der Waals surface area contributed by atoms with E-state index >= 15 is 0 Å². The zero-order valence-electron chi connectivity index (χ0n) is 16.0. The summed E-state index contributed by atoms with van der Waals surface area (Å²) in [6.07, 6.45) is 15.1. The SMILES string of the molecule is O=C(Nc1cnc2ccccc2c1N1CCCCC1)C1CC/C=C\CCC1. The maximum atomic E-state index is 13.0. The molecule has 4 nitrogen and oxygen atoms in total. The molecule has 1 N–H and O–H groups in total. The summed E-state index contributed by atoms with van der Waals surface area (Å²) >= 11 is 0. The van der Waals surface area contributed by atoms with Gasteiger partial charge in [-0.25, -0.2) is 0 Å². The second-order valence-corrected chi connectivity index (χ2v) is 7.75. The Labute approximate surface area is 161 Å². The van der Waals surface area contributed by atoms with Crippen molar-refractivity contribution in [2.24, 2.45) is 5.92 Å². The number of para-hydroxylation sites is 1. The summed E-state index contributed by atoms with van der Waals surface area (Å²) in [5, 5.41) is 4.39. The molecule has 4 rings (SSSR count). The van der Waals surface area contributed by atoms with Crippen LogP contribution < -0.4 is 10.2 Å². The molecular weight excluding hydrogens is 334 g/mol. The number of hydrogen-bond acceptors (Lipinski definition) is 3. The van der Waals surface area contributed by atoms with Gasteiger partial charge in [-0.1, -0.05) is 30.4 Å². The number of allylic oxidation sites excluding steroid dienone is 2. The summed E-state index contributed by atoms with van der Waals surface area (Å²) in [6, 6.07) is 8.26.